The zero-order valence-electron chi connectivity index (χ0n) is 5.25. The van der Waals surface area contributed by atoms with Crippen molar-refractivity contribution in [3.63, 3.8) is 0 Å². The number of rotatable bonds is 3. The molecule has 6 heteroatoms. The van der Waals surface area contributed by atoms with Crippen LogP contribution in [0.15, 0.2) is 11.8 Å². The lowest BCUT2D eigenvalue weighted by Gasteiger charge is -1.97. The lowest BCUT2D eigenvalue weighted by Crippen LogP contribution is -2.20. The SMILES string of the molecule is NC=C(C(=O)O)C(=O)C(F)F. The van der Waals surface area contributed by atoms with Crippen LogP contribution in [0, 0.1) is 0 Å². The van der Waals surface area contributed by atoms with Crippen molar-refractivity contribution in [2.45, 2.75) is 6.43 Å². The number of ketones is 1. The molecule has 0 bridgehead atoms. The van der Waals surface area contributed by atoms with Gasteiger partial charge in [-0.25, -0.2) is 13.6 Å². The van der Waals surface area contributed by atoms with Gasteiger partial charge in [0.1, 0.15) is 5.57 Å². The molecule has 0 saturated heterocycles. The number of carboxylic acid groups (broad SMARTS) is 1. The first-order chi connectivity index (χ1) is 5.00. The molecular formula is C5H5F2NO3. The number of hydrogen-bond donors (Lipinski definition) is 2. The number of Topliss-reactive ketones (excluding diaryl/α,β-unsaturated/α-hetero) is 1. The van der Waals surface area contributed by atoms with Crippen molar-refractivity contribution in [2.24, 2.45) is 5.73 Å². The first kappa shape index (κ1) is 9.54. The molecule has 0 fully saturated rings. The van der Waals surface area contributed by atoms with Crippen molar-refractivity contribution in [2.75, 3.05) is 0 Å². The molecule has 11 heavy (non-hydrogen) atoms. The number of halogens is 2. The smallest absolute Gasteiger partial charge is 0.341 e. The maximum atomic E-state index is 11.5. The number of alkyl halides is 2. The molecule has 3 N–H and O–H groups in total. The van der Waals surface area contributed by atoms with Crippen LogP contribution in [-0.4, -0.2) is 23.3 Å². The van der Waals surface area contributed by atoms with Gasteiger partial charge in [0.25, 0.3) is 0 Å². The number of hydrogen-bond acceptors (Lipinski definition) is 3. The summed E-state index contributed by atoms with van der Waals surface area (Å²) in [6.45, 7) is 0. The third kappa shape index (κ3) is 2.32. The minimum atomic E-state index is -3.33. The van der Waals surface area contributed by atoms with Crippen LogP contribution < -0.4 is 5.73 Å². The minimum absolute atomic E-state index is 0.344. The first-order valence-electron chi connectivity index (χ1n) is 2.48. The largest absolute Gasteiger partial charge is 0.478 e. The van der Waals surface area contributed by atoms with E-state index in [1.165, 1.54) is 0 Å². The van der Waals surface area contributed by atoms with E-state index in [9.17, 15) is 18.4 Å². The molecule has 4 nitrogen and oxygen atoms in total. The van der Waals surface area contributed by atoms with Crippen molar-refractivity contribution in [1.29, 1.82) is 0 Å². The molecule has 0 radical (unpaired) electrons. The van der Waals surface area contributed by atoms with Crippen LogP contribution in [0.25, 0.3) is 0 Å². The molecule has 0 heterocycles. The van der Waals surface area contributed by atoms with Gasteiger partial charge in [-0.2, -0.15) is 0 Å². The van der Waals surface area contributed by atoms with Crippen LogP contribution in [0.4, 0.5) is 8.78 Å². The second-order valence-electron chi connectivity index (χ2n) is 1.55. The van der Waals surface area contributed by atoms with Gasteiger partial charge in [0.15, 0.2) is 0 Å². The molecule has 0 aromatic rings. The summed E-state index contributed by atoms with van der Waals surface area (Å²) >= 11 is 0. The molecule has 0 aliphatic heterocycles. The highest BCUT2D eigenvalue weighted by atomic mass is 19.3. The van der Waals surface area contributed by atoms with Gasteiger partial charge in [0.2, 0.25) is 5.78 Å². The van der Waals surface area contributed by atoms with Crippen LogP contribution >= 0.6 is 0 Å². The molecule has 0 aliphatic carbocycles. The topological polar surface area (TPSA) is 80.4 Å². The van der Waals surface area contributed by atoms with E-state index in [-0.39, 0.29) is 0 Å². The highest BCUT2D eigenvalue weighted by Gasteiger charge is 2.25. The van der Waals surface area contributed by atoms with Gasteiger partial charge in [0, 0.05) is 6.20 Å². The number of carbonyl (C=O) groups is 2. The molecular weight excluding hydrogens is 160 g/mol. The summed E-state index contributed by atoms with van der Waals surface area (Å²) in [6, 6.07) is 0. The molecule has 0 rings (SSSR count). The van der Waals surface area contributed by atoms with Crippen LogP contribution in [-0.2, 0) is 9.59 Å². The van der Waals surface area contributed by atoms with Crippen molar-refractivity contribution in [1.82, 2.24) is 0 Å². The summed E-state index contributed by atoms with van der Waals surface area (Å²) < 4.78 is 23.0. The fraction of sp³-hybridized carbons (Fsp3) is 0.200. The number of carboxylic acids is 1. The van der Waals surface area contributed by atoms with Crippen LogP contribution in [0.5, 0.6) is 0 Å². The Morgan fingerprint density at radius 3 is 2.00 bits per heavy atom. The lowest BCUT2D eigenvalue weighted by molar-refractivity contribution is -0.137. The van der Waals surface area contributed by atoms with Crippen molar-refractivity contribution < 1.29 is 23.5 Å². The third-order valence-corrected chi connectivity index (χ3v) is 0.861. The normalized spacial score (nSPS) is 11.7. The molecule has 0 atom stereocenters. The quantitative estimate of drug-likeness (QED) is 0.343. The zero-order valence-corrected chi connectivity index (χ0v) is 5.25. The summed E-state index contributed by atoms with van der Waals surface area (Å²) in [4.78, 5) is 20.2. The average Bonchev–Trinajstić information content (AvgIpc) is 1.88. The van der Waals surface area contributed by atoms with Crippen LogP contribution in [0.2, 0.25) is 0 Å². The molecule has 0 aromatic heterocycles. The Bertz CT molecular complexity index is 212. The standard InChI is InChI=1S/C5H5F2NO3/c6-4(7)3(9)2(1-8)5(10)11/h1,4H,8H2,(H,10,11). The molecule has 0 spiro atoms. The summed E-state index contributed by atoms with van der Waals surface area (Å²) in [5.41, 5.74) is 3.52. The number of carbonyl (C=O) groups excluding carboxylic acids is 1. The highest BCUT2D eigenvalue weighted by molar-refractivity contribution is 6.17. The van der Waals surface area contributed by atoms with Crippen molar-refractivity contribution >= 4 is 11.8 Å². The van der Waals surface area contributed by atoms with Crippen LogP contribution in [0.3, 0.4) is 0 Å². The van der Waals surface area contributed by atoms with E-state index < -0.39 is 23.8 Å². The van der Waals surface area contributed by atoms with E-state index in [2.05, 4.69) is 5.73 Å². The first-order valence-corrected chi connectivity index (χ1v) is 2.48. The van der Waals surface area contributed by atoms with E-state index in [0.717, 1.165) is 0 Å². The predicted molar refractivity (Wildman–Crippen MR) is 30.9 cm³/mol. The molecule has 0 amide bonds. The average molecular weight is 165 g/mol. The van der Waals surface area contributed by atoms with Crippen LogP contribution in [0.1, 0.15) is 0 Å². The minimum Gasteiger partial charge on any atom is -0.478 e. The zero-order chi connectivity index (χ0) is 9.02. The lowest BCUT2D eigenvalue weighted by atomic mass is 10.2. The Balaban J connectivity index is 4.55. The fourth-order valence-corrected chi connectivity index (χ4v) is 0.376. The van der Waals surface area contributed by atoms with Crippen molar-refractivity contribution in [3.05, 3.63) is 11.8 Å². The van der Waals surface area contributed by atoms with E-state index in [0.29, 0.717) is 6.20 Å². The van der Waals surface area contributed by atoms with E-state index in [4.69, 9.17) is 5.11 Å². The molecule has 0 saturated carbocycles. The maximum absolute atomic E-state index is 11.5. The Kier molecular flexibility index (Phi) is 3.16. The molecule has 0 unspecified atom stereocenters. The molecule has 0 aromatic carbocycles. The van der Waals surface area contributed by atoms with Gasteiger partial charge < -0.3 is 10.8 Å². The van der Waals surface area contributed by atoms with Gasteiger partial charge in [-0.1, -0.05) is 0 Å². The van der Waals surface area contributed by atoms with E-state index in [1.807, 2.05) is 0 Å². The van der Waals surface area contributed by atoms with Gasteiger partial charge >= 0.3 is 12.4 Å². The number of nitrogens with two attached hydrogens (primary N) is 1. The van der Waals surface area contributed by atoms with Gasteiger partial charge in [-0.3, -0.25) is 4.79 Å². The second kappa shape index (κ2) is 3.65. The van der Waals surface area contributed by atoms with E-state index >= 15 is 0 Å². The molecule has 62 valence electrons. The Labute approximate surface area is 60.3 Å². The second-order valence-corrected chi connectivity index (χ2v) is 1.55. The highest BCUT2D eigenvalue weighted by Crippen LogP contribution is 2.03. The third-order valence-electron chi connectivity index (χ3n) is 0.861. The van der Waals surface area contributed by atoms with Gasteiger partial charge in [-0.15, -0.1) is 0 Å². The van der Waals surface area contributed by atoms with E-state index in [1.54, 1.807) is 0 Å². The summed E-state index contributed by atoms with van der Waals surface area (Å²) in [6.07, 6.45) is -2.99. The predicted octanol–water partition coefficient (Wildman–Crippen LogP) is -0.252. The molecule has 0 aliphatic rings. The fourth-order valence-electron chi connectivity index (χ4n) is 0.376. The van der Waals surface area contributed by atoms with Gasteiger partial charge in [0.05, 0.1) is 0 Å². The maximum Gasteiger partial charge on any atom is 0.341 e. The number of aliphatic carboxylic acids is 1. The Morgan fingerprint density at radius 1 is 1.45 bits per heavy atom. The monoisotopic (exact) mass is 165 g/mol. The Hall–Kier alpha value is -1.46. The Morgan fingerprint density at radius 2 is 1.91 bits per heavy atom. The van der Waals surface area contributed by atoms with Gasteiger partial charge in [-0.05, 0) is 0 Å². The summed E-state index contributed by atoms with van der Waals surface area (Å²) in [5.74, 6) is -3.53. The van der Waals surface area contributed by atoms with Crippen molar-refractivity contribution in [3.8, 4) is 0 Å². The summed E-state index contributed by atoms with van der Waals surface area (Å²) in [7, 11) is 0. The summed E-state index contributed by atoms with van der Waals surface area (Å²) in [5, 5.41) is 8.09.